The minimum Gasteiger partial charge on any atom is -0.310 e. The molecule has 0 bridgehead atoms. The molecule has 0 spiro atoms. The van der Waals surface area contributed by atoms with Gasteiger partial charge in [-0.3, -0.25) is 4.68 Å². The molecule has 16 heavy (non-hydrogen) atoms. The van der Waals surface area contributed by atoms with Crippen molar-refractivity contribution >= 4 is 22.9 Å². The lowest BCUT2D eigenvalue weighted by Gasteiger charge is -2.03. The smallest absolute Gasteiger partial charge is 0.0931 e. The summed E-state index contributed by atoms with van der Waals surface area (Å²) in [5, 5.41) is 7.68. The van der Waals surface area contributed by atoms with E-state index in [1.807, 2.05) is 29.9 Å². The molecule has 0 aliphatic heterocycles. The third kappa shape index (κ3) is 3.33. The van der Waals surface area contributed by atoms with E-state index >= 15 is 0 Å². The molecule has 0 radical (unpaired) electrons. The zero-order valence-corrected chi connectivity index (χ0v) is 10.7. The summed E-state index contributed by atoms with van der Waals surface area (Å²) in [4.78, 5) is 1.27. The van der Waals surface area contributed by atoms with Gasteiger partial charge in [-0.05, 0) is 25.1 Å². The van der Waals surface area contributed by atoms with Crippen LogP contribution in [0.15, 0.2) is 24.4 Å². The van der Waals surface area contributed by atoms with E-state index in [0.29, 0.717) is 0 Å². The van der Waals surface area contributed by atoms with Crippen molar-refractivity contribution < 1.29 is 0 Å². The highest BCUT2D eigenvalue weighted by atomic mass is 35.5. The molecular formula is C11H14ClN3S. The first-order valence-corrected chi connectivity index (χ1v) is 6.38. The van der Waals surface area contributed by atoms with Crippen molar-refractivity contribution in [1.82, 2.24) is 15.1 Å². The normalized spacial score (nSPS) is 10.9. The van der Waals surface area contributed by atoms with Gasteiger partial charge in [-0.1, -0.05) is 11.6 Å². The largest absolute Gasteiger partial charge is 0.310 e. The van der Waals surface area contributed by atoms with Gasteiger partial charge in [0.05, 0.1) is 16.6 Å². The minimum absolute atomic E-state index is 0.847. The second-order valence-corrected chi connectivity index (χ2v) is 5.40. The molecule has 0 fully saturated rings. The van der Waals surface area contributed by atoms with Crippen LogP contribution in [0.5, 0.6) is 0 Å². The molecule has 86 valence electrons. The highest BCUT2D eigenvalue weighted by Gasteiger charge is 1.97. The predicted octanol–water partition coefficient (Wildman–Crippen LogP) is 2.70. The average molecular weight is 256 g/mol. The van der Waals surface area contributed by atoms with Gasteiger partial charge in [0.2, 0.25) is 0 Å². The fraction of sp³-hybridized carbons (Fsp3) is 0.364. The summed E-state index contributed by atoms with van der Waals surface area (Å²) in [5.41, 5.74) is 1.06. The van der Waals surface area contributed by atoms with Crippen LogP contribution >= 0.6 is 22.9 Å². The molecule has 0 saturated carbocycles. The molecule has 2 rings (SSSR count). The number of thiophene rings is 1. The van der Waals surface area contributed by atoms with Crippen molar-refractivity contribution in [1.29, 1.82) is 0 Å². The fourth-order valence-corrected chi connectivity index (χ4v) is 2.50. The minimum atomic E-state index is 0.847. The lowest BCUT2D eigenvalue weighted by Crippen LogP contribution is -2.19. The molecule has 0 atom stereocenters. The van der Waals surface area contributed by atoms with Crippen LogP contribution in [0.3, 0.4) is 0 Å². The molecule has 0 amide bonds. The van der Waals surface area contributed by atoms with E-state index in [0.717, 1.165) is 29.7 Å². The SMILES string of the molecule is Cc1ccn(CCNCc2ccc(Cl)s2)n1. The molecule has 0 aliphatic rings. The Morgan fingerprint density at radius 2 is 2.31 bits per heavy atom. The van der Waals surface area contributed by atoms with Crippen LogP contribution in [0.1, 0.15) is 10.6 Å². The maximum absolute atomic E-state index is 5.85. The highest BCUT2D eigenvalue weighted by Crippen LogP contribution is 2.20. The van der Waals surface area contributed by atoms with Gasteiger partial charge in [-0.15, -0.1) is 11.3 Å². The summed E-state index contributed by atoms with van der Waals surface area (Å²) in [5.74, 6) is 0. The van der Waals surface area contributed by atoms with Crippen molar-refractivity contribution in [2.45, 2.75) is 20.0 Å². The van der Waals surface area contributed by atoms with Crippen LogP contribution in [0, 0.1) is 6.92 Å². The van der Waals surface area contributed by atoms with E-state index < -0.39 is 0 Å². The van der Waals surface area contributed by atoms with E-state index in [4.69, 9.17) is 11.6 Å². The van der Waals surface area contributed by atoms with Crippen LogP contribution in [0.4, 0.5) is 0 Å². The first kappa shape index (κ1) is 11.6. The molecule has 0 saturated heterocycles. The maximum atomic E-state index is 5.85. The summed E-state index contributed by atoms with van der Waals surface area (Å²) < 4.78 is 2.79. The summed E-state index contributed by atoms with van der Waals surface area (Å²) in [7, 11) is 0. The van der Waals surface area contributed by atoms with Crippen molar-refractivity contribution in [3.05, 3.63) is 39.3 Å². The van der Waals surface area contributed by atoms with E-state index in [2.05, 4.69) is 16.5 Å². The Morgan fingerprint density at radius 3 is 2.94 bits per heavy atom. The second-order valence-electron chi connectivity index (χ2n) is 3.60. The van der Waals surface area contributed by atoms with E-state index in [-0.39, 0.29) is 0 Å². The number of hydrogen-bond donors (Lipinski definition) is 1. The van der Waals surface area contributed by atoms with Gasteiger partial charge >= 0.3 is 0 Å². The van der Waals surface area contributed by atoms with Gasteiger partial charge in [0.15, 0.2) is 0 Å². The number of hydrogen-bond acceptors (Lipinski definition) is 3. The van der Waals surface area contributed by atoms with E-state index in [9.17, 15) is 0 Å². The van der Waals surface area contributed by atoms with Gasteiger partial charge in [0.1, 0.15) is 0 Å². The fourth-order valence-electron chi connectivity index (χ4n) is 1.44. The lowest BCUT2D eigenvalue weighted by atomic mass is 10.4. The molecule has 1 N–H and O–H groups in total. The van der Waals surface area contributed by atoms with Gasteiger partial charge < -0.3 is 5.32 Å². The Bertz CT molecular complexity index is 407. The first-order chi connectivity index (χ1) is 7.74. The zero-order valence-electron chi connectivity index (χ0n) is 9.11. The molecule has 2 aromatic rings. The Morgan fingerprint density at radius 1 is 1.44 bits per heavy atom. The molecule has 0 aliphatic carbocycles. The van der Waals surface area contributed by atoms with Crippen molar-refractivity contribution in [3.63, 3.8) is 0 Å². The van der Waals surface area contributed by atoms with Crippen LogP contribution in [0.25, 0.3) is 0 Å². The molecule has 5 heteroatoms. The molecule has 3 nitrogen and oxygen atoms in total. The van der Waals surface area contributed by atoms with Crippen LogP contribution < -0.4 is 5.32 Å². The molecular weight excluding hydrogens is 242 g/mol. The zero-order chi connectivity index (χ0) is 11.4. The van der Waals surface area contributed by atoms with E-state index in [1.54, 1.807) is 11.3 Å². The van der Waals surface area contributed by atoms with Gasteiger partial charge in [-0.25, -0.2) is 0 Å². The summed E-state index contributed by atoms with van der Waals surface area (Å²) in [6.07, 6.45) is 2.00. The summed E-state index contributed by atoms with van der Waals surface area (Å²) >= 11 is 7.47. The molecule has 2 heterocycles. The van der Waals surface area contributed by atoms with Gasteiger partial charge in [0.25, 0.3) is 0 Å². The third-order valence-corrected chi connectivity index (χ3v) is 3.45. The van der Waals surface area contributed by atoms with Crippen molar-refractivity contribution in [3.8, 4) is 0 Å². The molecule has 0 unspecified atom stereocenters. The summed E-state index contributed by atoms with van der Waals surface area (Å²) in [6, 6.07) is 6.00. The quantitative estimate of drug-likeness (QED) is 0.833. The Labute approximate surface area is 104 Å². The molecule has 0 aromatic carbocycles. The van der Waals surface area contributed by atoms with Crippen LogP contribution in [0.2, 0.25) is 4.34 Å². The van der Waals surface area contributed by atoms with Crippen LogP contribution in [-0.2, 0) is 13.1 Å². The topological polar surface area (TPSA) is 29.9 Å². The lowest BCUT2D eigenvalue weighted by molar-refractivity contribution is 0.554. The van der Waals surface area contributed by atoms with Crippen molar-refractivity contribution in [2.24, 2.45) is 0 Å². The number of nitrogens with zero attached hydrogens (tertiary/aromatic N) is 2. The third-order valence-electron chi connectivity index (χ3n) is 2.22. The number of aromatic nitrogens is 2. The number of halogens is 1. The highest BCUT2D eigenvalue weighted by molar-refractivity contribution is 7.16. The first-order valence-electron chi connectivity index (χ1n) is 5.19. The second kappa shape index (κ2) is 5.48. The predicted molar refractivity (Wildman–Crippen MR) is 68.0 cm³/mol. The average Bonchev–Trinajstić information content (AvgIpc) is 2.83. The van der Waals surface area contributed by atoms with Crippen molar-refractivity contribution in [2.75, 3.05) is 6.54 Å². The Kier molecular flexibility index (Phi) is 3.98. The van der Waals surface area contributed by atoms with E-state index in [1.165, 1.54) is 4.88 Å². The Hall–Kier alpha value is -0.840. The Balaban J connectivity index is 1.69. The van der Waals surface area contributed by atoms with Gasteiger partial charge in [-0.2, -0.15) is 5.10 Å². The number of rotatable bonds is 5. The maximum Gasteiger partial charge on any atom is 0.0931 e. The monoisotopic (exact) mass is 255 g/mol. The number of nitrogens with one attached hydrogen (secondary N) is 1. The summed E-state index contributed by atoms with van der Waals surface area (Å²) in [6.45, 7) is 4.68. The number of aryl methyl sites for hydroxylation is 1. The van der Waals surface area contributed by atoms with Gasteiger partial charge in [0, 0.05) is 24.2 Å². The standard InChI is InChI=1S/C11H14ClN3S/c1-9-4-6-15(14-9)7-5-13-8-10-2-3-11(12)16-10/h2-4,6,13H,5,7-8H2,1H3. The van der Waals surface area contributed by atoms with Crippen LogP contribution in [-0.4, -0.2) is 16.3 Å². The molecule has 2 aromatic heterocycles.